The maximum absolute atomic E-state index is 3.76. The van der Waals surface area contributed by atoms with Gasteiger partial charge < -0.3 is 5.32 Å². The molecule has 1 saturated heterocycles. The lowest BCUT2D eigenvalue weighted by Crippen LogP contribution is -2.40. The van der Waals surface area contributed by atoms with Crippen molar-refractivity contribution in [3.63, 3.8) is 0 Å². The molecule has 0 amide bonds. The monoisotopic (exact) mass is 266 g/mol. The van der Waals surface area contributed by atoms with E-state index in [0.29, 0.717) is 0 Å². The number of rotatable bonds is 4. The third kappa shape index (κ3) is 5.07. The molecule has 1 aliphatic heterocycles. The second-order valence-electron chi connectivity index (χ2n) is 6.67. The van der Waals surface area contributed by atoms with Crippen LogP contribution in [0.15, 0.2) is 0 Å². The topological polar surface area (TPSA) is 24.1 Å². The first-order valence-corrected chi connectivity index (χ1v) is 8.88. The van der Waals surface area contributed by atoms with Crippen LogP contribution in [-0.2, 0) is 0 Å². The number of unbranched alkanes of at least 4 members (excludes halogenated alkanes) is 1. The summed E-state index contributed by atoms with van der Waals surface area (Å²) >= 11 is 0. The van der Waals surface area contributed by atoms with Crippen LogP contribution in [0.4, 0.5) is 0 Å². The van der Waals surface area contributed by atoms with Crippen LogP contribution in [0.25, 0.3) is 0 Å². The van der Waals surface area contributed by atoms with Crippen LogP contribution in [0.5, 0.6) is 0 Å². The van der Waals surface area contributed by atoms with Gasteiger partial charge in [0.25, 0.3) is 0 Å². The normalized spacial score (nSPS) is 31.4. The largest absolute Gasteiger partial charge is 0.300 e. The minimum atomic E-state index is 0.743. The van der Waals surface area contributed by atoms with Gasteiger partial charge in [0.05, 0.1) is 0 Å². The van der Waals surface area contributed by atoms with Gasteiger partial charge in [-0.1, -0.05) is 64.7 Å². The Labute approximate surface area is 120 Å². The summed E-state index contributed by atoms with van der Waals surface area (Å²) in [5.41, 5.74) is 0. The first kappa shape index (κ1) is 15.3. The lowest BCUT2D eigenvalue weighted by Gasteiger charge is -2.29. The van der Waals surface area contributed by atoms with Crippen molar-refractivity contribution in [3.05, 3.63) is 0 Å². The molecular weight excluding hydrogens is 232 g/mol. The van der Waals surface area contributed by atoms with E-state index in [1.807, 2.05) is 0 Å². The quantitative estimate of drug-likeness (QED) is 0.796. The highest BCUT2D eigenvalue weighted by molar-refractivity contribution is 4.92. The fraction of sp³-hybridized carbons (Fsp3) is 1.00. The van der Waals surface area contributed by atoms with E-state index in [1.54, 1.807) is 0 Å². The zero-order chi connectivity index (χ0) is 13.3. The van der Waals surface area contributed by atoms with Crippen molar-refractivity contribution in [3.8, 4) is 0 Å². The van der Waals surface area contributed by atoms with E-state index in [4.69, 9.17) is 0 Å². The summed E-state index contributed by atoms with van der Waals surface area (Å²) in [5, 5.41) is 7.45. The molecule has 1 saturated carbocycles. The highest BCUT2D eigenvalue weighted by atomic mass is 15.2. The van der Waals surface area contributed by atoms with Crippen LogP contribution < -0.4 is 10.6 Å². The first-order valence-electron chi connectivity index (χ1n) is 8.88. The van der Waals surface area contributed by atoms with Gasteiger partial charge in [-0.2, -0.15) is 0 Å². The lowest BCUT2D eigenvalue weighted by molar-refractivity contribution is 0.283. The second-order valence-corrected chi connectivity index (χ2v) is 6.67. The summed E-state index contributed by atoms with van der Waals surface area (Å²) in [6.07, 6.45) is 17.3. The molecule has 19 heavy (non-hydrogen) atoms. The maximum Gasteiger partial charge on any atom is 0.0459 e. The molecule has 2 heteroatoms. The Morgan fingerprint density at radius 3 is 2.11 bits per heavy atom. The first-order chi connectivity index (χ1) is 9.42. The molecule has 1 heterocycles. The molecule has 2 N–H and O–H groups in total. The van der Waals surface area contributed by atoms with Crippen molar-refractivity contribution in [1.29, 1.82) is 0 Å². The predicted molar refractivity (Wildman–Crippen MR) is 83.3 cm³/mol. The van der Waals surface area contributed by atoms with Crippen LogP contribution >= 0.6 is 0 Å². The van der Waals surface area contributed by atoms with Crippen molar-refractivity contribution in [1.82, 2.24) is 10.6 Å². The molecule has 1 aliphatic carbocycles. The van der Waals surface area contributed by atoms with Gasteiger partial charge in [-0.3, -0.25) is 5.32 Å². The summed E-state index contributed by atoms with van der Waals surface area (Å²) in [6, 6.07) is 1.50. The zero-order valence-electron chi connectivity index (χ0n) is 12.9. The lowest BCUT2D eigenvalue weighted by atomic mass is 9.83. The predicted octanol–water partition coefficient (Wildman–Crippen LogP) is 4.20. The molecule has 2 nitrogen and oxygen atoms in total. The summed E-state index contributed by atoms with van der Waals surface area (Å²) in [4.78, 5) is 0. The minimum absolute atomic E-state index is 0.743. The Kier molecular flexibility index (Phi) is 7.23. The van der Waals surface area contributed by atoms with E-state index in [1.165, 1.54) is 77.0 Å². The Hall–Kier alpha value is -0.0800. The molecule has 2 rings (SSSR count). The van der Waals surface area contributed by atoms with Crippen LogP contribution in [0, 0.1) is 5.92 Å². The number of nitrogens with one attached hydrogen (secondary N) is 2. The van der Waals surface area contributed by atoms with E-state index >= 15 is 0 Å². The van der Waals surface area contributed by atoms with E-state index in [0.717, 1.165) is 24.7 Å². The summed E-state index contributed by atoms with van der Waals surface area (Å²) in [5.74, 6) is 0.926. The number of hydrogen-bond donors (Lipinski definition) is 2. The molecule has 0 spiro atoms. The van der Waals surface area contributed by atoms with Gasteiger partial charge in [-0.05, 0) is 25.2 Å². The van der Waals surface area contributed by atoms with E-state index in [9.17, 15) is 0 Å². The van der Waals surface area contributed by atoms with Gasteiger partial charge in [-0.15, -0.1) is 0 Å². The van der Waals surface area contributed by atoms with Gasteiger partial charge in [0.2, 0.25) is 0 Å². The van der Waals surface area contributed by atoms with Crippen LogP contribution in [-0.4, -0.2) is 18.8 Å². The maximum atomic E-state index is 3.76. The van der Waals surface area contributed by atoms with Crippen LogP contribution in [0.3, 0.4) is 0 Å². The molecule has 2 fully saturated rings. The van der Waals surface area contributed by atoms with Crippen LogP contribution in [0.1, 0.15) is 84.0 Å². The number of hydrogen-bond acceptors (Lipinski definition) is 2. The summed E-state index contributed by atoms with van der Waals surface area (Å²) in [6.45, 7) is 3.34. The average Bonchev–Trinajstić information content (AvgIpc) is 2.90. The second kappa shape index (κ2) is 8.97. The minimum Gasteiger partial charge on any atom is -0.300 e. The highest BCUT2D eigenvalue weighted by Gasteiger charge is 2.31. The summed E-state index contributed by atoms with van der Waals surface area (Å²) < 4.78 is 0. The molecule has 0 aromatic heterocycles. The van der Waals surface area contributed by atoms with Gasteiger partial charge in [0.1, 0.15) is 0 Å². The Morgan fingerprint density at radius 2 is 1.47 bits per heavy atom. The molecule has 0 radical (unpaired) electrons. The van der Waals surface area contributed by atoms with Crippen molar-refractivity contribution in [2.45, 2.75) is 96.1 Å². The van der Waals surface area contributed by atoms with Crippen LogP contribution in [0.2, 0.25) is 0 Å². The van der Waals surface area contributed by atoms with Gasteiger partial charge >= 0.3 is 0 Å². The fourth-order valence-electron chi connectivity index (χ4n) is 3.98. The standard InChI is InChI=1S/C17H34N2/c1-2-3-13-16-17(19-14-18-16)15-11-9-7-5-4-6-8-10-12-15/h15-19H,2-14H2,1H3. The highest BCUT2D eigenvalue weighted by Crippen LogP contribution is 2.28. The zero-order valence-corrected chi connectivity index (χ0v) is 12.9. The van der Waals surface area contributed by atoms with E-state index < -0.39 is 0 Å². The molecule has 0 aromatic rings. The van der Waals surface area contributed by atoms with E-state index in [2.05, 4.69) is 17.6 Å². The van der Waals surface area contributed by atoms with Crippen molar-refractivity contribution >= 4 is 0 Å². The SMILES string of the molecule is CCCCC1NCNC1C1CCCCCCCCC1. The Morgan fingerprint density at radius 1 is 0.842 bits per heavy atom. The molecule has 2 unspecified atom stereocenters. The van der Waals surface area contributed by atoms with Crippen molar-refractivity contribution in [2.24, 2.45) is 5.92 Å². The third-order valence-corrected chi connectivity index (χ3v) is 5.16. The van der Waals surface area contributed by atoms with Gasteiger partial charge in [0.15, 0.2) is 0 Å². The average molecular weight is 266 g/mol. The summed E-state index contributed by atoms with van der Waals surface area (Å²) in [7, 11) is 0. The Bertz CT molecular complexity index is 219. The van der Waals surface area contributed by atoms with Gasteiger partial charge in [-0.25, -0.2) is 0 Å². The smallest absolute Gasteiger partial charge is 0.0459 e. The molecule has 0 bridgehead atoms. The van der Waals surface area contributed by atoms with E-state index in [-0.39, 0.29) is 0 Å². The molecule has 2 aliphatic rings. The van der Waals surface area contributed by atoms with Gasteiger partial charge in [0, 0.05) is 18.8 Å². The fourth-order valence-corrected chi connectivity index (χ4v) is 3.98. The Balaban J connectivity index is 1.84. The molecule has 112 valence electrons. The molecule has 2 atom stereocenters. The molecule has 0 aromatic carbocycles. The van der Waals surface area contributed by atoms with Crippen molar-refractivity contribution in [2.75, 3.05) is 6.67 Å². The van der Waals surface area contributed by atoms with Crippen molar-refractivity contribution < 1.29 is 0 Å². The molecular formula is C17H34N2. The third-order valence-electron chi connectivity index (χ3n) is 5.16.